The predicted molar refractivity (Wildman–Crippen MR) is 165 cm³/mol. The van der Waals surface area contributed by atoms with Crippen LogP contribution in [0.3, 0.4) is 0 Å². The zero-order valence-electron chi connectivity index (χ0n) is 21.4. The Morgan fingerprint density at radius 1 is 0.925 bits per heavy atom. The minimum absolute atomic E-state index is 0.306. The molecule has 1 atom stereocenters. The first kappa shape index (κ1) is 27.6. The van der Waals surface area contributed by atoms with Crippen LogP contribution < -0.4 is 16.4 Å². The maximum Gasteiger partial charge on any atom is 0.315 e. The Morgan fingerprint density at radius 2 is 1.62 bits per heavy atom. The number of aromatic nitrogens is 2. The van der Waals surface area contributed by atoms with E-state index in [1.165, 1.54) is 5.56 Å². The molecular formula is C31H27Cl2N5OS. The number of amides is 2. The van der Waals surface area contributed by atoms with Crippen molar-refractivity contribution in [2.24, 2.45) is 0 Å². The number of H-pyrrole nitrogens is 1. The zero-order chi connectivity index (χ0) is 27.9. The van der Waals surface area contributed by atoms with Crippen LogP contribution in [0.5, 0.6) is 0 Å². The molecule has 6 nitrogen and oxygen atoms in total. The van der Waals surface area contributed by atoms with Crippen molar-refractivity contribution >= 4 is 46.7 Å². The van der Waals surface area contributed by atoms with Gasteiger partial charge >= 0.3 is 6.03 Å². The topological polar surface area (TPSA) is 95.8 Å². The highest BCUT2D eigenvalue weighted by atomic mass is 35.5. The molecular weight excluding hydrogens is 561 g/mol. The van der Waals surface area contributed by atoms with Gasteiger partial charge in [-0.3, -0.25) is 0 Å². The number of thioether (sulfide) groups is 1. The van der Waals surface area contributed by atoms with Crippen molar-refractivity contribution in [3.05, 3.63) is 136 Å². The lowest BCUT2D eigenvalue weighted by molar-refractivity contribution is 0.238. The zero-order valence-corrected chi connectivity index (χ0v) is 23.7. The van der Waals surface area contributed by atoms with Crippen LogP contribution in [0, 0.1) is 0 Å². The lowest BCUT2D eigenvalue weighted by Gasteiger charge is -2.18. The Labute approximate surface area is 247 Å². The number of imidazole rings is 1. The average molecular weight is 589 g/mol. The third-order valence-electron chi connectivity index (χ3n) is 6.24. The number of carbonyl (C=O) groups excluding carboxylic acids is 1. The second kappa shape index (κ2) is 13.0. The number of urea groups is 1. The molecule has 0 fully saturated rings. The van der Waals surface area contributed by atoms with E-state index in [2.05, 4.69) is 27.8 Å². The summed E-state index contributed by atoms with van der Waals surface area (Å²) in [6.45, 7) is 0.306. The molecule has 5 aromatic rings. The summed E-state index contributed by atoms with van der Waals surface area (Å²) in [5, 5.41) is 7.03. The molecule has 1 unspecified atom stereocenters. The van der Waals surface area contributed by atoms with E-state index in [9.17, 15) is 4.79 Å². The first-order valence-corrected chi connectivity index (χ1v) is 14.4. The van der Waals surface area contributed by atoms with E-state index >= 15 is 0 Å². The number of nitrogen functional groups attached to an aromatic ring is 1. The second-order valence-electron chi connectivity index (χ2n) is 9.10. The average Bonchev–Trinajstić information content (AvgIpc) is 3.36. The van der Waals surface area contributed by atoms with Gasteiger partial charge in [-0.05, 0) is 47.0 Å². The van der Waals surface area contributed by atoms with Crippen LogP contribution in [0.4, 0.5) is 10.5 Å². The van der Waals surface area contributed by atoms with E-state index in [1.54, 1.807) is 23.9 Å². The fraction of sp³-hybridized carbons (Fsp3) is 0.0968. The molecule has 1 aromatic heterocycles. The highest BCUT2D eigenvalue weighted by Gasteiger charge is 2.22. The Kier molecular flexibility index (Phi) is 8.96. The molecule has 40 heavy (non-hydrogen) atoms. The van der Waals surface area contributed by atoms with Crippen LogP contribution in [0.25, 0.3) is 11.3 Å². The van der Waals surface area contributed by atoms with Gasteiger partial charge in [0, 0.05) is 33.5 Å². The second-order valence-corrected chi connectivity index (χ2v) is 10.9. The van der Waals surface area contributed by atoms with Crippen molar-refractivity contribution < 1.29 is 4.79 Å². The van der Waals surface area contributed by atoms with Gasteiger partial charge in [0.25, 0.3) is 0 Å². The number of carbonyl (C=O) groups is 1. The van der Waals surface area contributed by atoms with Crippen LogP contribution >= 0.6 is 35.0 Å². The Morgan fingerprint density at radius 3 is 2.35 bits per heavy atom. The smallest absolute Gasteiger partial charge is 0.315 e. The number of nitrogens with one attached hydrogen (secondary N) is 3. The maximum atomic E-state index is 13.2. The number of nitrogens with two attached hydrogens (primary N) is 1. The van der Waals surface area contributed by atoms with Gasteiger partial charge in [-0.15, -0.1) is 11.8 Å². The van der Waals surface area contributed by atoms with Gasteiger partial charge in [0.15, 0.2) is 0 Å². The fourth-order valence-corrected chi connectivity index (χ4v) is 5.65. The molecule has 0 bridgehead atoms. The molecule has 0 aliphatic heterocycles. The number of rotatable bonds is 9. The van der Waals surface area contributed by atoms with E-state index in [0.29, 0.717) is 33.9 Å². The van der Waals surface area contributed by atoms with Crippen LogP contribution in [0.2, 0.25) is 10.2 Å². The van der Waals surface area contributed by atoms with Gasteiger partial charge in [0.2, 0.25) is 0 Å². The Bertz CT molecular complexity index is 1580. The van der Waals surface area contributed by atoms with Crippen molar-refractivity contribution in [1.82, 2.24) is 20.6 Å². The number of hydrogen-bond acceptors (Lipinski definition) is 4. The molecule has 5 rings (SSSR count). The van der Waals surface area contributed by atoms with Crippen LogP contribution in [0.1, 0.15) is 28.6 Å². The minimum atomic E-state index is -0.562. The molecule has 0 radical (unpaired) electrons. The molecule has 0 aliphatic rings. The van der Waals surface area contributed by atoms with E-state index in [4.69, 9.17) is 33.9 Å². The number of anilines is 1. The van der Waals surface area contributed by atoms with Crippen LogP contribution in [-0.2, 0) is 12.3 Å². The van der Waals surface area contributed by atoms with Crippen LogP contribution in [-0.4, -0.2) is 16.0 Å². The molecule has 0 saturated carbocycles. The lowest BCUT2D eigenvalue weighted by Crippen LogP contribution is -2.38. The summed E-state index contributed by atoms with van der Waals surface area (Å²) >= 11 is 14.5. The summed E-state index contributed by atoms with van der Waals surface area (Å²) in [7, 11) is 0. The number of aromatic amines is 1. The predicted octanol–water partition coefficient (Wildman–Crippen LogP) is 7.85. The molecule has 202 valence electrons. The third kappa shape index (κ3) is 6.99. The Balaban J connectivity index is 1.32. The molecule has 5 N–H and O–H groups in total. The van der Waals surface area contributed by atoms with E-state index in [1.807, 2.05) is 78.9 Å². The first-order chi connectivity index (χ1) is 19.5. The summed E-state index contributed by atoms with van der Waals surface area (Å²) < 4.78 is 0. The highest BCUT2D eigenvalue weighted by molar-refractivity contribution is 7.98. The van der Waals surface area contributed by atoms with E-state index < -0.39 is 6.04 Å². The van der Waals surface area contributed by atoms with Gasteiger partial charge in [-0.2, -0.15) is 0 Å². The van der Waals surface area contributed by atoms with E-state index in [0.717, 1.165) is 27.3 Å². The molecule has 1 heterocycles. The highest BCUT2D eigenvalue weighted by Crippen LogP contribution is 2.31. The summed E-state index contributed by atoms with van der Waals surface area (Å²) in [6, 6.07) is 32.0. The molecule has 0 spiro atoms. The van der Waals surface area contributed by atoms with E-state index in [-0.39, 0.29) is 6.03 Å². The van der Waals surface area contributed by atoms with Gasteiger partial charge in [-0.1, -0.05) is 96.0 Å². The van der Waals surface area contributed by atoms with Gasteiger partial charge < -0.3 is 21.4 Å². The quantitative estimate of drug-likeness (QED) is 0.104. The van der Waals surface area contributed by atoms with Gasteiger partial charge in [-0.25, -0.2) is 9.78 Å². The number of benzene rings is 4. The standard InChI is InChI=1S/C31H27Cl2N5OS/c32-24-13-16-26(40-19-20-7-3-1-4-8-20)23(17-24)18-35-31(39)37-28(21-9-5-2-6-10-21)30-36-27(29(33)38-30)22-11-14-25(34)15-12-22/h1-17,28H,18-19,34H2,(H,36,38)(H2,35,37,39). The van der Waals surface area contributed by atoms with Crippen molar-refractivity contribution in [3.8, 4) is 11.3 Å². The lowest BCUT2D eigenvalue weighted by atomic mass is 10.1. The van der Waals surface area contributed by atoms with Crippen molar-refractivity contribution in [2.45, 2.75) is 23.2 Å². The third-order valence-corrected chi connectivity index (χ3v) is 7.94. The normalized spacial score (nSPS) is 11.7. The first-order valence-electron chi connectivity index (χ1n) is 12.6. The monoisotopic (exact) mass is 587 g/mol. The largest absolute Gasteiger partial charge is 0.399 e. The Hall–Kier alpha value is -3.91. The summed E-state index contributed by atoms with van der Waals surface area (Å²) in [5.74, 6) is 1.33. The number of nitrogens with zero attached hydrogens (tertiary/aromatic N) is 1. The summed E-state index contributed by atoms with van der Waals surface area (Å²) in [5.41, 5.74) is 10.9. The molecule has 0 saturated heterocycles. The van der Waals surface area contributed by atoms with Crippen molar-refractivity contribution in [1.29, 1.82) is 0 Å². The van der Waals surface area contributed by atoms with Crippen LogP contribution in [0.15, 0.2) is 108 Å². The maximum absolute atomic E-state index is 13.2. The molecule has 0 aliphatic carbocycles. The molecule has 4 aromatic carbocycles. The summed E-state index contributed by atoms with van der Waals surface area (Å²) in [6.07, 6.45) is 0. The SMILES string of the molecule is Nc1ccc(-c2nc(C(NC(=O)NCc3cc(Cl)ccc3SCc3ccccc3)c3ccccc3)[nH]c2Cl)cc1. The fourth-order valence-electron chi connectivity index (χ4n) is 4.21. The number of halogens is 2. The van der Waals surface area contributed by atoms with Gasteiger partial charge in [0.1, 0.15) is 22.7 Å². The number of hydrogen-bond donors (Lipinski definition) is 4. The van der Waals surface area contributed by atoms with Crippen molar-refractivity contribution in [2.75, 3.05) is 5.73 Å². The summed E-state index contributed by atoms with van der Waals surface area (Å²) in [4.78, 5) is 22.1. The molecule has 9 heteroatoms. The van der Waals surface area contributed by atoms with Gasteiger partial charge in [0.05, 0.1) is 0 Å². The molecule has 2 amide bonds. The van der Waals surface area contributed by atoms with Crippen molar-refractivity contribution in [3.63, 3.8) is 0 Å². The minimum Gasteiger partial charge on any atom is -0.399 e.